The molecule has 0 saturated heterocycles. The van der Waals surface area contributed by atoms with E-state index in [2.05, 4.69) is 4.98 Å². The maximum Gasteiger partial charge on any atom is 0.336 e. The number of ether oxygens (including phenoxy) is 5. The Morgan fingerprint density at radius 1 is 0.902 bits per heavy atom. The summed E-state index contributed by atoms with van der Waals surface area (Å²) in [6.45, 7) is 0. The zero-order chi connectivity index (χ0) is 29.6. The van der Waals surface area contributed by atoms with Crippen LogP contribution in [0.3, 0.4) is 0 Å². The molecule has 0 aliphatic rings. The fourth-order valence-electron chi connectivity index (χ4n) is 4.87. The topological polar surface area (TPSA) is 96.3 Å². The monoisotopic (exact) mass is 577 g/mol. The van der Waals surface area contributed by atoms with Crippen molar-refractivity contribution in [3.8, 4) is 17.2 Å². The van der Waals surface area contributed by atoms with Crippen LogP contribution >= 0.6 is 11.6 Å². The number of carbonyl (C=O) groups is 1. The predicted octanol–water partition coefficient (Wildman–Crippen LogP) is 6.86. The largest absolute Gasteiger partial charge is 0.493 e. The highest BCUT2D eigenvalue weighted by atomic mass is 35.5. The quantitative estimate of drug-likeness (QED) is 0.182. The van der Waals surface area contributed by atoms with Crippen molar-refractivity contribution < 1.29 is 33.6 Å². The third-order valence-corrected chi connectivity index (χ3v) is 7.21. The van der Waals surface area contributed by atoms with Gasteiger partial charge in [0.25, 0.3) is 0 Å². The van der Waals surface area contributed by atoms with Crippen LogP contribution in [0.2, 0.25) is 5.02 Å². The van der Waals surface area contributed by atoms with Crippen molar-refractivity contribution in [3.63, 3.8) is 0 Å². The number of benzene rings is 3. The first-order valence-corrected chi connectivity index (χ1v) is 13.2. The van der Waals surface area contributed by atoms with Gasteiger partial charge in [0.2, 0.25) is 5.75 Å². The number of aromatic nitrogens is 1. The molecular weight excluding hydrogens is 546 g/mol. The van der Waals surface area contributed by atoms with Crippen molar-refractivity contribution in [1.29, 1.82) is 0 Å². The smallest absolute Gasteiger partial charge is 0.336 e. The number of hydrogen-bond acceptors (Lipinski definition) is 7. The molecule has 8 nitrogen and oxygen atoms in total. The highest BCUT2D eigenvalue weighted by Gasteiger charge is 2.34. The van der Waals surface area contributed by atoms with Gasteiger partial charge in [-0.05, 0) is 48.4 Å². The lowest BCUT2D eigenvalue weighted by Gasteiger charge is -2.32. The van der Waals surface area contributed by atoms with Gasteiger partial charge >= 0.3 is 5.97 Å². The molecule has 0 atom stereocenters. The van der Waals surface area contributed by atoms with E-state index in [4.69, 9.17) is 35.3 Å². The minimum absolute atomic E-state index is 0.0430. The van der Waals surface area contributed by atoms with Crippen molar-refractivity contribution in [2.75, 3.05) is 35.5 Å². The molecule has 1 N–H and O–H groups in total. The van der Waals surface area contributed by atoms with Gasteiger partial charge in [0.15, 0.2) is 17.3 Å². The number of rotatable bonds is 12. The maximum atomic E-state index is 12.2. The first kappa shape index (κ1) is 29.9. The minimum Gasteiger partial charge on any atom is -0.493 e. The fourth-order valence-corrected chi connectivity index (χ4v) is 5.04. The molecule has 0 bridgehead atoms. The van der Waals surface area contributed by atoms with Gasteiger partial charge in [-0.1, -0.05) is 48.0 Å². The third-order valence-electron chi connectivity index (χ3n) is 6.98. The molecular formula is C32H32ClNO7. The summed E-state index contributed by atoms with van der Waals surface area (Å²) < 4.78 is 28.3. The third kappa shape index (κ3) is 6.30. The molecule has 9 heteroatoms. The molecule has 0 aliphatic heterocycles. The van der Waals surface area contributed by atoms with Crippen LogP contribution in [0.1, 0.15) is 39.2 Å². The molecule has 0 aliphatic carbocycles. The van der Waals surface area contributed by atoms with E-state index in [0.29, 0.717) is 16.3 Å². The van der Waals surface area contributed by atoms with Crippen LogP contribution in [-0.2, 0) is 21.7 Å². The van der Waals surface area contributed by atoms with E-state index in [1.54, 1.807) is 14.2 Å². The average molecular weight is 578 g/mol. The Kier molecular flexibility index (Phi) is 9.50. The second kappa shape index (κ2) is 13.0. The Morgan fingerprint density at radius 3 is 2.29 bits per heavy atom. The summed E-state index contributed by atoms with van der Waals surface area (Å²) in [5.74, 6) is -1.43. The van der Waals surface area contributed by atoms with Gasteiger partial charge in [-0.2, -0.15) is 0 Å². The molecule has 3 aromatic carbocycles. The minimum atomic E-state index is -1.17. The molecule has 1 heterocycles. The standard InChI is InChI=1S/C32H32ClNO7/c1-37-28-19-26(31(35)36)25(29(38-2)30(28)39-3)15-16-32(40-4,41-5)22-8-6-7-20(17-22)9-13-24-14-11-21-10-12-23(33)18-27(21)34-24/h6-14,17-19H,15-16H2,1-5H3,(H,35,36)/b13-9+. The zero-order valence-electron chi connectivity index (χ0n) is 23.6. The number of methoxy groups -OCH3 is 5. The van der Waals surface area contributed by atoms with Crippen LogP contribution in [0.4, 0.5) is 0 Å². The van der Waals surface area contributed by atoms with E-state index in [1.807, 2.05) is 66.7 Å². The highest BCUT2D eigenvalue weighted by Crippen LogP contribution is 2.44. The number of fused-ring (bicyclic) bond motifs is 1. The van der Waals surface area contributed by atoms with E-state index < -0.39 is 11.8 Å². The second-order valence-corrected chi connectivity index (χ2v) is 9.61. The van der Waals surface area contributed by atoms with Crippen LogP contribution < -0.4 is 14.2 Å². The molecule has 0 amide bonds. The van der Waals surface area contributed by atoms with Gasteiger partial charge in [-0.15, -0.1) is 0 Å². The molecule has 0 radical (unpaired) electrons. The van der Waals surface area contributed by atoms with Crippen molar-refractivity contribution in [2.24, 2.45) is 0 Å². The number of nitrogens with zero attached hydrogens (tertiary/aromatic N) is 1. The molecule has 0 spiro atoms. The zero-order valence-corrected chi connectivity index (χ0v) is 24.3. The number of aromatic carboxylic acids is 1. The van der Waals surface area contributed by atoms with Crippen molar-refractivity contribution in [1.82, 2.24) is 4.98 Å². The van der Waals surface area contributed by atoms with Gasteiger partial charge in [0.05, 0.1) is 38.1 Å². The summed E-state index contributed by atoms with van der Waals surface area (Å²) in [7, 11) is 7.48. The number of pyridine rings is 1. The molecule has 0 saturated carbocycles. The molecule has 41 heavy (non-hydrogen) atoms. The van der Waals surface area contributed by atoms with E-state index >= 15 is 0 Å². The van der Waals surface area contributed by atoms with Crippen molar-refractivity contribution >= 4 is 40.6 Å². The van der Waals surface area contributed by atoms with Crippen LogP contribution in [-0.4, -0.2) is 51.6 Å². The molecule has 1 aromatic heterocycles. The lowest BCUT2D eigenvalue weighted by Crippen LogP contribution is -2.32. The first-order chi connectivity index (χ1) is 19.8. The Hall–Kier alpha value is -4.11. The van der Waals surface area contributed by atoms with Gasteiger partial charge in [0.1, 0.15) is 0 Å². The van der Waals surface area contributed by atoms with Gasteiger partial charge in [-0.3, -0.25) is 0 Å². The summed E-state index contributed by atoms with van der Waals surface area (Å²) in [6.07, 6.45) is 4.41. The van der Waals surface area contributed by atoms with Crippen LogP contribution in [0.15, 0.2) is 60.7 Å². The summed E-state index contributed by atoms with van der Waals surface area (Å²) >= 11 is 6.14. The summed E-state index contributed by atoms with van der Waals surface area (Å²) in [5, 5.41) is 11.6. The Balaban J connectivity index is 1.66. The molecule has 0 fully saturated rings. The predicted molar refractivity (Wildman–Crippen MR) is 159 cm³/mol. The SMILES string of the molecule is COc1cc(C(=O)O)c(CCC(OC)(OC)c2cccc(/C=C/c3ccc4ccc(Cl)cc4n3)c2)c(OC)c1OC. The van der Waals surface area contributed by atoms with Gasteiger partial charge < -0.3 is 28.8 Å². The maximum absolute atomic E-state index is 12.2. The van der Waals surface area contributed by atoms with Crippen molar-refractivity contribution in [2.45, 2.75) is 18.6 Å². The Bertz CT molecular complexity index is 1580. The molecule has 4 rings (SSSR count). The van der Waals surface area contributed by atoms with Gasteiger partial charge in [-0.25, -0.2) is 9.78 Å². The number of halogens is 1. The van der Waals surface area contributed by atoms with Crippen molar-refractivity contribution in [3.05, 3.63) is 93.6 Å². The Morgan fingerprint density at radius 2 is 1.63 bits per heavy atom. The first-order valence-electron chi connectivity index (χ1n) is 12.8. The number of carboxylic acids is 1. The molecule has 4 aromatic rings. The lowest BCUT2D eigenvalue weighted by atomic mass is 9.93. The second-order valence-electron chi connectivity index (χ2n) is 9.17. The van der Waals surface area contributed by atoms with Gasteiger partial charge in [0, 0.05) is 42.2 Å². The van der Waals surface area contributed by atoms with E-state index in [9.17, 15) is 9.90 Å². The van der Waals surface area contributed by atoms with Crippen LogP contribution in [0.25, 0.3) is 23.1 Å². The molecule has 0 unspecified atom stereocenters. The number of hydrogen-bond donors (Lipinski definition) is 1. The van der Waals surface area contributed by atoms with E-state index in [-0.39, 0.29) is 29.9 Å². The normalized spacial score (nSPS) is 11.7. The highest BCUT2D eigenvalue weighted by molar-refractivity contribution is 6.31. The van der Waals surface area contributed by atoms with E-state index in [1.165, 1.54) is 27.4 Å². The lowest BCUT2D eigenvalue weighted by molar-refractivity contribution is -0.219. The number of carboxylic acid groups (broad SMARTS) is 1. The van der Waals surface area contributed by atoms with E-state index in [0.717, 1.165) is 27.7 Å². The molecule has 214 valence electrons. The fraction of sp³-hybridized carbons (Fsp3) is 0.250. The summed E-state index contributed by atoms with van der Waals surface area (Å²) in [5.41, 5.74) is 3.76. The van der Waals surface area contributed by atoms with Crippen LogP contribution in [0, 0.1) is 0 Å². The summed E-state index contributed by atoms with van der Waals surface area (Å²) in [4.78, 5) is 16.9. The average Bonchev–Trinajstić information content (AvgIpc) is 2.99. The van der Waals surface area contributed by atoms with Crippen LogP contribution in [0.5, 0.6) is 17.2 Å². The Labute approximate surface area is 244 Å². The summed E-state index contributed by atoms with van der Waals surface area (Å²) in [6, 6.07) is 18.7.